The molecule has 0 amide bonds. The number of hydrogen-bond acceptors (Lipinski definition) is 4. The number of nitrogens with zero attached hydrogens (tertiary/aromatic N) is 4. The van der Waals surface area contributed by atoms with Gasteiger partial charge in [-0.05, 0) is 36.4 Å². The van der Waals surface area contributed by atoms with Crippen LogP contribution in [-0.2, 0) is 33.9 Å². The Hall–Kier alpha value is -4.93. The largest absolute Gasteiger partial charge is 2.00 e. The van der Waals surface area contributed by atoms with E-state index in [0.717, 1.165) is 41.0 Å². The van der Waals surface area contributed by atoms with Crippen LogP contribution in [0.2, 0.25) is 0 Å². The first kappa shape index (κ1) is 29.2. The SMILES string of the molecule is Cc1[c-]c2c(cc1)c1ccccc1n2-c1cccc2c1[N-]c1ccccc1CC2.Oc1cccc(Oc2ccccn2)n1.[Pt+2]. The third-order valence-electron chi connectivity index (χ3n) is 7.51. The van der Waals surface area contributed by atoms with Crippen molar-refractivity contribution in [2.75, 3.05) is 0 Å². The van der Waals surface area contributed by atoms with Gasteiger partial charge in [-0.2, -0.15) is 28.7 Å². The predicted molar refractivity (Wildman–Crippen MR) is 171 cm³/mol. The van der Waals surface area contributed by atoms with E-state index in [1.807, 2.05) is 6.07 Å². The fourth-order valence-electron chi connectivity index (χ4n) is 5.53. The molecule has 1 N–H and O–H groups in total. The molecule has 218 valence electrons. The molecular formula is C37H28N4O2Pt. The number of aromatic nitrogens is 3. The van der Waals surface area contributed by atoms with Crippen LogP contribution in [0, 0.1) is 13.0 Å². The van der Waals surface area contributed by atoms with Gasteiger partial charge in [0.2, 0.25) is 17.6 Å². The second kappa shape index (κ2) is 12.7. The summed E-state index contributed by atoms with van der Waals surface area (Å²) in [5, 5.41) is 16.7. The molecular weight excluding hydrogens is 728 g/mol. The molecule has 1 aliphatic rings. The zero-order valence-corrected chi connectivity index (χ0v) is 26.2. The molecule has 8 rings (SSSR count). The predicted octanol–water partition coefficient (Wildman–Crippen LogP) is 9.30. The van der Waals surface area contributed by atoms with Gasteiger partial charge in [-0.15, -0.1) is 16.8 Å². The number of pyridine rings is 2. The van der Waals surface area contributed by atoms with Gasteiger partial charge in [0.15, 0.2) is 0 Å². The quantitative estimate of drug-likeness (QED) is 0.183. The van der Waals surface area contributed by atoms with Gasteiger partial charge in [0.25, 0.3) is 0 Å². The molecule has 3 aromatic heterocycles. The molecule has 0 unspecified atom stereocenters. The monoisotopic (exact) mass is 755 g/mol. The molecule has 0 spiro atoms. The maximum Gasteiger partial charge on any atom is 2.00 e. The Labute approximate surface area is 270 Å². The Morgan fingerprint density at radius 1 is 0.750 bits per heavy atom. The zero-order valence-electron chi connectivity index (χ0n) is 23.9. The zero-order chi connectivity index (χ0) is 29.2. The molecule has 0 saturated heterocycles. The van der Waals surface area contributed by atoms with E-state index in [1.165, 1.54) is 33.5 Å². The maximum atomic E-state index is 9.08. The van der Waals surface area contributed by atoms with E-state index in [2.05, 4.69) is 106 Å². The van der Waals surface area contributed by atoms with E-state index >= 15 is 0 Å². The normalized spacial score (nSPS) is 11.7. The number of ether oxygens (including phenoxy) is 1. The van der Waals surface area contributed by atoms with Crippen molar-refractivity contribution in [3.63, 3.8) is 0 Å². The van der Waals surface area contributed by atoms with Crippen molar-refractivity contribution in [2.45, 2.75) is 19.8 Å². The molecule has 0 fully saturated rings. The summed E-state index contributed by atoms with van der Waals surface area (Å²) in [5.41, 5.74) is 9.38. The van der Waals surface area contributed by atoms with Crippen molar-refractivity contribution < 1.29 is 30.9 Å². The van der Waals surface area contributed by atoms with Crippen LogP contribution in [0.15, 0.2) is 121 Å². The topological polar surface area (TPSA) is 74.3 Å². The molecule has 4 heterocycles. The van der Waals surface area contributed by atoms with Gasteiger partial charge in [-0.3, -0.25) is 0 Å². The number of hydrogen-bond donors (Lipinski definition) is 1. The number of aromatic hydroxyl groups is 1. The summed E-state index contributed by atoms with van der Waals surface area (Å²) in [6.07, 6.45) is 3.65. The summed E-state index contributed by atoms with van der Waals surface area (Å²) < 4.78 is 7.62. The summed E-state index contributed by atoms with van der Waals surface area (Å²) in [6, 6.07) is 41.8. The van der Waals surface area contributed by atoms with Crippen molar-refractivity contribution in [3.05, 3.63) is 150 Å². The Bertz CT molecular complexity index is 2070. The average Bonchev–Trinajstić information content (AvgIpc) is 3.21. The molecule has 7 heteroatoms. The standard InChI is InChI=1S/C27H20N2.C10H8N2O2.Pt/c1-18-13-16-22-21-9-3-5-11-24(21)29(26(22)17-18)25-12-6-8-20-15-14-19-7-2-4-10-23(19)28-27(20)25;13-8-4-3-6-10(12-8)14-9-5-1-2-7-11-9;/h2-13,16H,14-15H2,1H3;1-7H,(H,12,13);/q-2;;+2. The molecule has 44 heavy (non-hydrogen) atoms. The first-order chi connectivity index (χ1) is 21.1. The van der Waals surface area contributed by atoms with Crippen LogP contribution in [0.1, 0.15) is 16.7 Å². The van der Waals surface area contributed by atoms with E-state index in [4.69, 9.17) is 15.2 Å². The van der Waals surface area contributed by atoms with E-state index < -0.39 is 0 Å². The Kier molecular flexibility index (Phi) is 8.44. The molecule has 4 aromatic carbocycles. The van der Waals surface area contributed by atoms with E-state index in [9.17, 15) is 0 Å². The second-order valence-corrected chi connectivity index (χ2v) is 10.4. The molecule has 0 saturated carbocycles. The van der Waals surface area contributed by atoms with Gasteiger partial charge in [-0.1, -0.05) is 90.3 Å². The fourth-order valence-corrected chi connectivity index (χ4v) is 5.53. The van der Waals surface area contributed by atoms with Gasteiger partial charge in [0.1, 0.15) is 0 Å². The average molecular weight is 756 g/mol. The van der Waals surface area contributed by atoms with Gasteiger partial charge in [0.05, 0.1) is 0 Å². The van der Waals surface area contributed by atoms with Crippen LogP contribution in [0.4, 0.5) is 11.4 Å². The van der Waals surface area contributed by atoms with Gasteiger partial charge < -0.3 is 19.7 Å². The molecule has 7 aromatic rings. The smallest absolute Gasteiger partial charge is 0.656 e. The molecule has 0 aliphatic carbocycles. The van der Waals surface area contributed by atoms with Crippen LogP contribution in [0.3, 0.4) is 0 Å². The van der Waals surface area contributed by atoms with E-state index in [-0.39, 0.29) is 26.9 Å². The van der Waals surface area contributed by atoms with Gasteiger partial charge >= 0.3 is 21.1 Å². The number of benzene rings is 4. The number of para-hydroxylation sites is 3. The minimum absolute atomic E-state index is 0. The maximum absolute atomic E-state index is 9.08. The third-order valence-corrected chi connectivity index (χ3v) is 7.51. The summed E-state index contributed by atoms with van der Waals surface area (Å²) in [7, 11) is 0. The second-order valence-electron chi connectivity index (χ2n) is 10.4. The van der Waals surface area contributed by atoms with Gasteiger partial charge in [-0.25, -0.2) is 4.98 Å². The summed E-state index contributed by atoms with van der Waals surface area (Å²) in [5.74, 6) is 0.702. The minimum Gasteiger partial charge on any atom is -0.656 e. The van der Waals surface area contributed by atoms with Crippen molar-refractivity contribution in [1.82, 2.24) is 14.5 Å². The molecule has 0 bridgehead atoms. The van der Waals surface area contributed by atoms with Crippen LogP contribution in [0.5, 0.6) is 17.6 Å². The summed E-state index contributed by atoms with van der Waals surface area (Å²) in [6.45, 7) is 2.10. The molecule has 0 radical (unpaired) electrons. The molecule has 1 aliphatic heterocycles. The Morgan fingerprint density at radius 2 is 1.50 bits per heavy atom. The van der Waals surface area contributed by atoms with E-state index in [1.54, 1.807) is 30.5 Å². The summed E-state index contributed by atoms with van der Waals surface area (Å²) >= 11 is 0. The van der Waals surface area contributed by atoms with Crippen LogP contribution >= 0.6 is 0 Å². The van der Waals surface area contributed by atoms with Crippen LogP contribution in [-0.4, -0.2) is 19.6 Å². The third kappa shape index (κ3) is 5.81. The van der Waals surface area contributed by atoms with Gasteiger partial charge in [0, 0.05) is 35.6 Å². The summed E-state index contributed by atoms with van der Waals surface area (Å²) in [4.78, 5) is 7.72. The van der Waals surface area contributed by atoms with Crippen molar-refractivity contribution in [1.29, 1.82) is 0 Å². The van der Waals surface area contributed by atoms with Crippen molar-refractivity contribution in [2.24, 2.45) is 0 Å². The number of aryl methyl sites for hydroxylation is 3. The molecule has 0 atom stereocenters. The van der Waals surface area contributed by atoms with Crippen LogP contribution in [0.25, 0.3) is 32.8 Å². The number of rotatable bonds is 3. The Morgan fingerprint density at radius 3 is 2.36 bits per heavy atom. The fraction of sp³-hybridized carbons (Fsp3) is 0.0811. The van der Waals surface area contributed by atoms with E-state index in [0.29, 0.717) is 11.8 Å². The van der Waals surface area contributed by atoms with Crippen molar-refractivity contribution in [3.8, 4) is 23.3 Å². The minimum atomic E-state index is -0.0709. The first-order valence-electron chi connectivity index (χ1n) is 14.2. The molecule has 6 nitrogen and oxygen atoms in total. The Balaban J connectivity index is 0.000000194. The van der Waals surface area contributed by atoms with Crippen LogP contribution < -0.4 is 4.74 Å². The first-order valence-corrected chi connectivity index (χ1v) is 14.2. The van der Waals surface area contributed by atoms with Crippen molar-refractivity contribution >= 4 is 33.2 Å². The number of fused-ring (bicyclic) bond motifs is 5.